The summed E-state index contributed by atoms with van der Waals surface area (Å²) >= 11 is 1.44. The van der Waals surface area contributed by atoms with Crippen LogP contribution in [-0.2, 0) is 4.79 Å². The molecular weight excluding hydrogens is 248 g/mol. The van der Waals surface area contributed by atoms with Crippen molar-refractivity contribution in [1.29, 1.82) is 5.26 Å². The zero-order valence-electron chi connectivity index (χ0n) is 10.1. The van der Waals surface area contributed by atoms with Crippen LogP contribution in [0.2, 0.25) is 0 Å². The summed E-state index contributed by atoms with van der Waals surface area (Å²) in [5, 5.41) is 11.7. The first kappa shape index (κ1) is 12.7. The normalized spacial score (nSPS) is 14.4. The summed E-state index contributed by atoms with van der Waals surface area (Å²) in [5.74, 6) is 0.0820. The van der Waals surface area contributed by atoms with Gasteiger partial charge < -0.3 is 5.32 Å². The Morgan fingerprint density at radius 3 is 2.89 bits per heavy atom. The first-order chi connectivity index (χ1) is 8.44. The van der Waals surface area contributed by atoms with Gasteiger partial charge in [-0.25, -0.2) is 0 Å². The van der Waals surface area contributed by atoms with E-state index in [-0.39, 0.29) is 11.7 Å². The number of carbonyl (C=O) groups is 2. The number of hydrogen-bond donors (Lipinski definition) is 1. The number of nitrogens with one attached hydrogen (secondary N) is 1. The fraction of sp³-hybridized carbons (Fsp3) is 0.308. The zero-order chi connectivity index (χ0) is 13.3. The monoisotopic (exact) mass is 260 g/mol. The quantitative estimate of drug-likeness (QED) is 0.829. The lowest BCUT2D eigenvalue weighted by Gasteiger charge is -2.19. The second kappa shape index (κ2) is 4.46. The molecule has 0 atom stereocenters. The van der Waals surface area contributed by atoms with E-state index in [0.717, 1.165) is 4.90 Å². The van der Waals surface area contributed by atoms with E-state index in [1.807, 2.05) is 6.07 Å². The molecule has 92 valence electrons. The molecule has 0 unspecified atom stereocenters. The Labute approximate surface area is 109 Å². The van der Waals surface area contributed by atoms with Crippen molar-refractivity contribution in [3.8, 4) is 6.07 Å². The van der Waals surface area contributed by atoms with E-state index in [9.17, 15) is 9.59 Å². The lowest BCUT2D eigenvalue weighted by Crippen LogP contribution is -2.23. The molecule has 0 bridgehead atoms. The fourth-order valence-corrected chi connectivity index (χ4v) is 2.42. The number of rotatable bonds is 2. The maximum absolute atomic E-state index is 12.1. The molecule has 1 aliphatic rings. The molecule has 1 aliphatic heterocycles. The molecule has 0 aromatic heterocycles. The summed E-state index contributed by atoms with van der Waals surface area (Å²) in [4.78, 5) is 24.4. The number of anilines is 1. The van der Waals surface area contributed by atoms with Gasteiger partial charge >= 0.3 is 0 Å². The average molecular weight is 260 g/mol. The van der Waals surface area contributed by atoms with Gasteiger partial charge in [0.2, 0.25) is 5.91 Å². The van der Waals surface area contributed by atoms with Crippen LogP contribution in [0.5, 0.6) is 0 Å². The van der Waals surface area contributed by atoms with E-state index in [0.29, 0.717) is 17.0 Å². The van der Waals surface area contributed by atoms with Crippen LogP contribution in [0.3, 0.4) is 0 Å². The predicted octanol–water partition coefficient (Wildman–Crippen LogP) is 2.46. The SMILES string of the molecule is CC(C)(C#N)C(=O)c1ccc2c(c1)NC(=O)CS2. The fourth-order valence-electron chi connectivity index (χ4n) is 1.64. The van der Waals surface area contributed by atoms with Gasteiger partial charge in [0, 0.05) is 10.5 Å². The Kier molecular flexibility index (Phi) is 3.14. The highest BCUT2D eigenvalue weighted by atomic mass is 32.2. The van der Waals surface area contributed by atoms with Gasteiger partial charge in [-0.3, -0.25) is 9.59 Å². The van der Waals surface area contributed by atoms with Crippen molar-refractivity contribution in [1.82, 2.24) is 0 Å². The largest absolute Gasteiger partial charge is 0.324 e. The highest BCUT2D eigenvalue weighted by Gasteiger charge is 2.29. The molecule has 0 radical (unpaired) electrons. The van der Waals surface area contributed by atoms with Gasteiger partial charge in [-0.05, 0) is 26.0 Å². The minimum absolute atomic E-state index is 0.0726. The third-order valence-corrected chi connectivity index (χ3v) is 3.80. The first-order valence-electron chi connectivity index (χ1n) is 5.47. The number of fused-ring (bicyclic) bond motifs is 1. The molecule has 0 saturated carbocycles. The van der Waals surface area contributed by atoms with Crippen LogP contribution in [0.25, 0.3) is 0 Å². The lowest BCUT2D eigenvalue weighted by molar-refractivity contribution is -0.113. The van der Waals surface area contributed by atoms with Crippen LogP contribution in [0.15, 0.2) is 23.1 Å². The number of Topliss-reactive ketones (excluding diaryl/α,β-unsaturated/α-hetero) is 1. The highest BCUT2D eigenvalue weighted by molar-refractivity contribution is 8.00. The summed E-state index contributed by atoms with van der Waals surface area (Å²) in [5.41, 5.74) is 0.0407. The van der Waals surface area contributed by atoms with Crippen molar-refractivity contribution in [2.24, 2.45) is 5.41 Å². The number of nitrogens with zero attached hydrogens (tertiary/aromatic N) is 1. The van der Waals surface area contributed by atoms with Gasteiger partial charge in [0.15, 0.2) is 5.78 Å². The van der Waals surface area contributed by atoms with E-state index in [1.54, 1.807) is 32.0 Å². The number of benzene rings is 1. The minimum atomic E-state index is -1.06. The lowest BCUT2D eigenvalue weighted by atomic mass is 9.86. The predicted molar refractivity (Wildman–Crippen MR) is 69.5 cm³/mol. The Hall–Kier alpha value is -1.80. The van der Waals surface area contributed by atoms with Crippen molar-refractivity contribution < 1.29 is 9.59 Å². The number of amides is 1. The topological polar surface area (TPSA) is 70.0 Å². The maximum Gasteiger partial charge on any atom is 0.234 e. The van der Waals surface area contributed by atoms with Crippen LogP contribution in [-0.4, -0.2) is 17.4 Å². The van der Waals surface area contributed by atoms with Crippen LogP contribution < -0.4 is 5.32 Å². The first-order valence-corrected chi connectivity index (χ1v) is 6.45. The van der Waals surface area contributed by atoms with E-state index in [2.05, 4.69) is 5.32 Å². The van der Waals surface area contributed by atoms with Crippen LogP contribution in [0, 0.1) is 16.7 Å². The number of thioether (sulfide) groups is 1. The summed E-state index contributed by atoms with van der Waals surface area (Å²) in [7, 11) is 0. The molecule has 0 spiro atoms. The van der Waals surface area contributed by atoms with E-state index < -0.39 is 5.41 Å². The second-order valence-corrected chi connectivity index (χ2v) is 5.63. The third kappa shape index (κ3) is 2.24. The van der Waals surface area contributed by atoms with Crippen molar-refractivity contribution in [2.45, 2.75) is 18.7 Å². The molecule has 0 fully saturated rings. The van der Waals surface area contributed by atoms with E-state index >= 15 is 0 Å². The van der Waals surface area contributed by atoms with Crippen molar-refractivity contribution in [3.63, 3.8) is 0 Å². The van der Waals surface area contributed by atoms with Gasteiger partial charge in [-0.1, -0.05) is 6.07 Å². The molecule has 1 aromatic rings. The molecule has 18 heavy (non-hydrogen) atoms. The zero-order valence-corrected chi connectivity index (χ0v) is 10.9. The summed E-state index contributed by atoms with van der Waals surface area (Å²) in [6.45, 7) is 3.17. The molecular formula is C13H12N2O2S. The summed E-state index contributed by atoms with van der Waals surface area (Å²) in [6.07, 6.45) is 0. The minimum Gasteiger partial charge on any atom is -0.324 e. The van der Waals surface area contributed by atoms with Crippen molar-refractivity contribution in [2.75, 3.05) is 11.1 Å². The van der Waals surface area contributed by atoms with Crippen LogP contribution in [0.1, 0.15) is 24.2 Å². The third-order valence-electron chi connectivity index (χ3n) is 2.72. The molecule has 1 N–H and O–H groups in total. The number of carbonyl (C=O) groups excluding carboxylic acids is 2. The standard InChI is InChI=1S/C13H12N2O2S/c1-13(2,7-14)12(17)8-3-4-10-9(5-8)15-11(16)6-18-10/h3-5H,6H2,1-2H3,(H,15,16). The maximum atomic E-state index is 12.1. The van der Waals surface area contributed by atoms with E-state index in [1.165, 1.54) is 11.8 Å². The molecule has 0 saturated heterocycles. The van der Waals surface area contributed by atoms with Crippen LogP contribution in [0.4, 0.5) is 5.69 Å². The Balaban J connectivity index is 2.38. The number of nitriles is 1. The summed E-state index contributed by atoms with van der Waals surface area (Å²) in [6, 6.07) is 7.13. The Bertz CT molecular complexity index is 573. The van der Waals surface area contributed by atoms with Gasteiger partial charge in [0.25, 0.3) is 0 Å². The highest BCUT2D eigenvalue weighted by Crippen LogP contribution is 2.33. The van der Waals surface area contributed by atoms with Gasteiger partial charge in [-0.2, -0.15) is 5.26 Å². The molecule has 1 amide bonds. The molecule has 0 aliphatic carbocycles. The smallest absolute Gasteiger partial charge is 0.234 e. The summed E-state index contributed by atoms with van der Waals surface area (Å²) < 4.78 is 0. The molecule has 2 rings (SSSR count). The number of hydrogen-bond acceptors (Lipinski definition) is 4. The Morgan fingerprint density at radius 1 is 1.50 bits per heavy atom. The average Bonchev–Trinajstić information content (AvgIpc) is 2.36. The molecule has 1 aromatic carbocycles. The van der Waals surface area contributed by atoms with Crippen molar-refractivity contribution in [3.05, 3.63) is 23.8 Å². The van der Waals surface area contributed by atoms with Gasteiger partial charge in [0.05, 0.1) is 17.5 Å². The molecule has 5 heteroatoms. The van der Waals surface area contributed by atoms with Gasteiger partial charge in [0.1, 0.15) is 5.41 Å². The van der Waals surface area contributed by atoms with Crippen LogP contribution >= 0.6 is 11.8 Å². The number of ketones is 1. The van der Waals surface area contributed by atoms with E-state index in [4.69, 9.17) is 5.26 Å². The van der Waals surface area contributed by atoms with Gasteiger partial charge in [-0.15, -0.1) is 11.8 Å². The molecule has 1 heterocycles. The molecule has 4 nitrogen and oxygen atoms in total. The second-order valence-electron chi connectivity index (χ2n) is 4.61. The van der Waals surface area contributed by atoms with Crippen molar-refractivity contribution >= 4 is 29.1 Å². The Morgan fingerprint density at radius 2 is 2.22 bits per heavy atom.